The van der Waals surface area contributed by atoms with Crippen LogP contribution in [0.4, 0.5) is 14.6 Å². The summed E-state index contributed by atoms with van der Waals surface area (Å²) in [6.45, 7) is 0. The molecule has 0 unspecified atom stereocenters. The van der Waals surface area contributed by atoms with E-state index in [4.69, 9.17) is 4.74 Å². The van der Waals surface area contributed by atoms with Gasteiger partial charge in [-0.3, -0.25) is 4.79 Å². The summed E-state index contributed by atoms with van der Waals surface area (Å²) in [6.07, 6.45) is 2.99. The third-order valence-corrected chi connectivity index (χ3v) is 5.21. The second-order valence-corrected chi connectivity index (χ2v) is 6.93. The Hall–Kier alpha value is -3.36. The van der Waals surface area contributed by atoms with E-state index in [1.165, 1.54) is 36.3 Å². The van der Waals surface area contributed by atoms with Crippen LogP contribution in [0.1, 0.15) is 34.1 Å². The molecule has 5 rings (SSSR count). The van der Waals surface area contributed by atoms with Gasteiger partial charge < -0.3 is 10.1 Å². The van der Waals surface area contributed by atoms with Gasteiger partial charge in [-0.1, -0.05) is 0 Å². The molecular weight excluding hydrogens is 368 g/mol. The summed E-state index contributed by atoms with van der Waals surface area (Å²) >= 11 is 0. The van der Waals surface area contributed by atoms with Gasteiger partial charge in [0.1, 0.15) is 23.6 Å². The third-order valence-electron chi connectivity index (χ3n) is 5.21. The Bertz CT molecular complexity index is 1110. The monoisotopic (exact) mass is 383 g/mol. The van der Waals surface area contributed by atoms with Gasteiger partial charge in [-0.25, -0.2) is 23.4 Å². The quantitative estimate of drug-likeness (QED) is 0.749. The number of hydrogen-bond acceptors (Lipinski definition) is 5. The fraction of sp³-hybridized carbons (Fsp3) is 0.263. The summed E-state index contributed by atoms with van der Waals surface area (Å²) in [5.74, 6) is -0.528. The molecule has 7 nitrogen and oxygen atoms in total. The van der Waals surface area contributed by atoms with Crippen molar-refractivity contribution in [2.45, 2.75) is 18.8 Å². The van der Waals surface area contributed by atoms with Crippen molar-refractivity contribution in [3.05, 3.63) is 59.2 Å². The highest BCUT2D eigenvalue weighted by atomic mass is 19.1. The van der Waals surface area contributed by atoms with Gasteiger partial charge in [-0.15, -0.1) is 0 Å². The summed E-state index contributed by atoms with van der Waals surface area (Å²) in [4.78, 5) is 20.7. The fourth-order valence-corrected chi connectivity index (χ4v) is 3.83. The van der Waals surface area contributed by atoms with Crippen molar-refractivity contribution in [1.29, 1.82) is 0 Å². The maximum absolute atomic E-state index is 14.4. The highest BCUT2D eigenvalue weighted by molar-refractivity contribution is 6.03. The number of carbonyl (C=O) groups is 1. The Labute approximate surface area is 158 Å². The lowest BCUT2D eigenvalue weighted by Gasteiger charge is -2.07. The molecule has 0 radical (unpaired) electrons. The van der Waals surface area contributed by atoms with Gasteiger partial charge >= 0.3 is 0 Å². The number of fused-ring (bicyclic) bond motifs is 3. The van der Waals surface area contributed by atoms with Gasteiger partial charge in [0.25, 0.3) is 5.91 Å². The number of halogens is 2. The van der Waals surface area contributed by atoms with Crippen LogP contribution in [0.3, 0.4) is 0 Å². The zero-order valence-electron chi connectivity index (χ0n) is 14.8. The highest BCUT2D eigenvalue weighted by Gasteiger charge is 2.50. The first kappa shape index (κ1) is 16.8. The van der Waals surface area contributed by atoms with Gasteiger partial charge in [0.15, 0.2) is 11.5 Å². The number of rotatable bonds is 4. The van der Waals surface area contributed by atoms with E-state index < -0.39 is 17.5 Å². The molecule has 1 amide bonds. The van der Waals surface area contributed by atoms with Crippen molar-refractivity contribution < 1.29 is 18.3 Å². The minimum atomic E-state index is -0.720. The summed E-state index contributed by atoms with van der Waals surface area (Å²) in [6, 6.07) is 4.82. The third kappa shape index (κ3) is 2.62. The van der Waals surface area contributed by atoms with Crippen molar-refractivity contribution in [3.63, 3.8) is 0 Å². The number of ether oxygens (including phenoxy) is 1. The molecule has 28 heavy (non-hydrogen) atoms. The molecule has 2 atom stereocenters. The second-order valence-electron chi connectivity index (χ2n) is 6.93. The molecule has 1 aromatic carbocycles. The van der Waals surface area contributed by atoms with Crippen LogP contribution in [0, 0.1) is 17.6 Å². The maximum Gasteiger partial charge on any atom is 0.277 e. The normalized spacial score (nSPS) is 19.1. The molecule has 2 aliphatic rings. The summed E-state index contributed by atoms with van der Waals surface area (Å²) in [5, 5.41) is 7.06. The predicted molar refractivity (Wildman–Crippen MR) is 94.6 cm³/mol. The van der Waals surface area contributed by atoms with E-state index in [9.17, 15) is 13.6 Å². The molecule has 1 saturated carbocycles. The molecule has 0 saturated heterocycles. The Kier molecular flexibility index (Phi) is 3.65. The molecular formula is C19H15F2N5O2. The van der Waals surface area contributed by atoms with Crippen molar-refractivity contribution in [1.82, 2.24) is 19.7 Å². The number of amides is 1. The van der Waals surface area contributed by atoms with Crippen LogP contribution in [-0.4, -0.2) is 32.8 Å². The number of aromatic nitrogens is 4. The molecule has 2 heterocycles. The number of hydrogen-bond donors (Lipinski definition) is 1. The first-order valence-corrected chi connectivity index (χ1v) is 8.79. The summed E-state index contributed by atoms with van der Waals surface area (Å²) < 4.78 is 34.1. The first-order chi connectivity index (χ1) is 13.5. The lowest BCUT2D eigenvalue weighted by molar-refractivity contribution is 0.102. The van der Waals surface area contributed by atoms with Gasteiger partial charge in [-0.05, 0) is 30.9 Å². The minimum Gasteiger partial charge on any atom is -0.481 e. The topological polar surface area (TPSA) is 81.9 Å². The molecule has 0 spiro atoms. The van der Waals surface area contributed by atoms with E-state index in [1.54, 1.807) is 0 Å². The van der Waals surface area contributed by atoms with Crippen LogP contribution in [0.15, 0.2) is 30.6 Å². The fourth-order valence-electron chi connectivity index (χ4n) is 3.83. The second kappa shape index (κ2) is 6.08. The number of nitrogens with one attached hydrogen (secondary N) is 1. The minimum absolute atomic E-state index is 0.132. The highest BCUT2D eigenvalue weighted by Crippen LogP contribution is 2.57. The standard InChI is InChI=1S/C19H15F2N5O2/c1-28-16-7-15(22-8-23-16)24-19(27)17-12-5-9-4-11(9)18(12)26(25-17)14-3-2-10(20)6-13(14)21/h2-3,6-9,11H,4-5H2,1H3,(H,22,23,24,27)/t9-,11-/m1/s1. The van der Waals surface area contributed by atoms with Gasteiger partial charge in [-0.2, -0.15) is 5.10 Å². The van der Waals surface area contributed by atoms with Crippen LogP contribution < -0.4 is 10.1 Å². The molecule has 2 aromatic heterocycles. The maximum atomic E-state index is 14.4. The van der Waals surface area contributed by atoms with Crippen molar-refractivity contribution >= 4 is 11.7 Å². The van der Waals surface area contributed by atoms with Crippen LogP contribution >= 0.6 is 0 Å². The van der Waals surface area contributed by atoms with E-state index in [1.807, 2.05) is 0 Å². The smallest absolute Gasteiger partial charge is 0.277 e. The molecule has 0 aliphatic heterocycles. The number of carbonyl (C=O) groups excluding carboxylic acids is 1. The summed E-state index contributed by atoms with van der Waals surface area (Å²) in [5.41, 5.74) is 2.00. The van der Waals surface area contributed by atoms with Crippen molar-refractivity contribution in [3.8, 4) is 11.6 Å². The number of anilines is 1. The number of benzene rings is 1. The van der Waals surface area contributed by atoms with Gasteiger partial charge in [0.2, 0.25) is 5.88 Å². The van der Waals surface area contributed by atoms with Crippen LogP contribution in [0.25, 0.3) is 5.69 Å². The zero-order chi connectivity index (χ0) is 19.4. The Morgan fingerprint density at radius 2 is 2.14 bits per heavy atom. The van der Waals surface area contributed by atoms with Gasteiger partial charge in [0.05, 0.1) is 12.8 Å². The Morgan fingerprint density at radius 3 is 2.93 bits per heavy atom. The Morgan fingerprint density at radius 1 is 1.29 bits per heavy atom. The predicted octanol–water partition coefficient (Wildman–Crippen LogP) is 2.86. The lowest BCUT2D eigenvalue weighted by Crippen LogP contribution is -2.16. The molecule has 1 fully saturated rings. The van der Waals surface area contributed by atoms with Crippen LogP contribution in [-0.2, 0) is 6.42 Å². The van der Waals surface area contributed by atoms with Crippen LogP contribution in [0.2, 0.25) is 0 Å². The number of nitrogens with zero attached hydrogens (tertiary/aromatic N) is 4. The molecule has 142 valence electrons. The first-order valence-electron chi connectivity index (χ1n) is 8.79. The van der Waals surface area contributed by atoms with Crippen molar-refractivity contribution in [2.24, 2.45) is 5.92 Å². The van der Waals surface area contributed by atoms with E-state index >= 15 is 0 Å². The number of methoxy groups -OCH3 is 1. The van der Waals surface area contributed by atoms with E-state index in [0.29, 0.717) is 11.8 Å². The van der Waals surface area contributed by atoms with E-state index in [0.717, 1.165) is 30.2 Å². The van der Waals surface area contributed by atoms with Crippen molar-refractivity contribution in [2.75, 3.05) is 12.4 Å². The molecule has 3 aromatic rings. The van der Waals surface area contributed by atoms with E-state index in [2.05, 4.69) is 20.4 Å². The molecule has 2 aliphatic carbocycles. The lowest BCUT2D eigenvalue weighted by atomic mass is 10.1. The summed E-state index contributed by atoms with van der Waals surface area (Å²) in [7, 11) is 1.46. The van der Waals surface area contributed by atoms with Crippen LogP contribution in [0.5, 0.6) is 5.88 Å². The van der Waals surface area contributed by atoms with Gasteiger partial charge in [0, 0.05) is 23.6 Å². The molecule has 1 N–H and O–H groups in total. The molecule has 0 bridgehead atoms. The zero-order valence-corrected chi connectivity index (χ0v) is 14.8. The average Bonchev–Trinajstić information content (AvgIpc) is 3.18. The molecule has 9 heteroatoms. The Balaban J connectivity index is 1.54. The van der Waals surface area contributed by atoms with E-state index in [-0.39, 0.29) is 23.1 Å². The SMILES string of the molecule is COc1cc(NC(=O)c2nn(-c3ccc(F)cc3F)c3c2C[C@H]2C[C@@H]32)ncn1. The average molecular weight is 383 g/mol. The largest absolute Gasteiger partial charge is 0.481 e.